The maximum Gasteiger partial charge on any atom is 0.278 e. The van der Waals surface area contributed by atoms with Crippen LogP contribution in [0.1, 0.15) is 10.5 Å². The third kappa shape index (κ3) is 2.62. The fourth-order valence-electron chi connectivity index (χ4n) is 2.57. The van der Waals surface area contributed by atoms with Gasteiger partial charge in [-0.15, -0.1) is 0 Å². The standard InChI is InChI=1S/C16H12FN7O2/c1-26-12-3-2-8(17)4-9(12)13-10(6-20-23-13)21-16(25)15-14-11(22-24-15)5-18-7-19-14/h2-7H,1H3,(H,20,23)(H,21,25)(H,22,24). The molecule has 0 atom stereocenters. The summed E-state index contributed by atoms with van der Waals surface area (Å²) >= 11 is 0. The van der Waals surface area contributed by atoms with Crippen LogP contribution in [0.25, 0.3) is 22.3 Å². The minimum atomic E-state index is -0.493. The summed E-state index contributed by atoms with van der Waals surface area (Å²) in [7, 11) is 1.47. The predicted molar refractivity (Wildman–Crippen MR) is 90.2 cm³/mol. The fourth-order valence-corrected chi connectivity index (χ4v) is 2.57. The number of amides is 1. The van der Waals surface area contributed by atoms with Crippen LogP contribution in [0, 0.1) is 5.82 Å². The maximum atomic E-state index is 13.7. The number of hydrogen-bond donors (Lipinski definition) is 3. The number of nitrogens with one attached hydrogen (secondary N) is 3. The van der Waals surface area contributed by atoms with Crippen LogP contribution in [0.4, 0.5) is 10.1 Å². The molecule has 0 aliphatic rings. The van der Waals surface area contributed by atoms with E-state index in [4.69, 9.17) is 4.74 Å². The second-order valence-electron chi connectivity index (χ2n) is 5.31. The van der Waals surface area contributed by atoms with Crippen LogP contribution in [0.2, 0.25) is 0 Å². The average Bonchev–Trinajstić information content (AvgIpc) is 3.28. The number of aromatic amines is 2. The SMILES string of the molecule is COc1ccc(F)cc1-c1[nH]ncc1NC(=O)c1n[nH]c2cncnc12. The molecule has 0 bridgehead atoms. The normalized spacial score (nSPS) is 10.8. The van der Waals surface area contributed by atoms with Gasteiger partial charge in [0.1, 0.15) is 28.9 Å². The lowest BCUT2D eigenvalue weighted by Gasteiger charge is -2.09. The summed E-state index contributed by atoms with van der Waals surface area (Å²) in [6.45, 7) is 0. The summed E-state index contributed by atoms with van der Waals surface area (Å²) in [6.07, 6.45) is 4.27. The van der Waals surface area contributed by atoms with Gasteiger partial charge in [0.2, 0.25) is 0 Å². The Morgan fingerprint density at radius 3 is 3.00 bits per heavy atom. The number of H-pyrrole nitrogens is 2. The first kappa shape index (κ1) is 15.7. The molecule has 0 saturated carbocycles. The van der Waals surface area contributed by atoms with Gasteiger partial charge in [0, 0.05) is 5.56 Å². The van der Waals surface area contributed by atoms with Crippen molar-refractivity contribution < 1.29 is 13.9 Å². The number of aromatic nitrogens is 6. The number of carbonyl (C=O) groups is 1. The van der Waals surface area contributed by atoms with Crippen molar-refractivity contribution in [2.75, 3.05) is 12.4 Å². The number of halogens is 1. The summed E-state index contributed by atoms with van der Waals surface area (Å²) < 4.78 is 18.9. The van der Waals surface area contributed by atoms with Gasteiger partial charge in [0.05, 0.1) is 30.9 Å². The van der Waals surface area contributed by atoms with Crippen LogP contribution in [0.5, 0.6) is 5.75 Å². The molecule has 0 radical (unpaired) electrons. The summed E-state index contributed by atoms with van der Waals surface area (Å²) in [5, 5.41) is 16.0. The Labute approximate surface area is 145 Å². The minimum Gasteiger partial charge on any atom is -0.496 e. The van der Waals surface area contributed by atoms with Crippen LogP contribution >= 0.6 is 0 Å². The Kier molecular flexibility index (Phi) is 3.77. The molecule has 0 spiro atoms. The lowest BCUT2D eigenvalue weighted by atomic mass is 10.1. The van der Waals surface area contributed by atoms with Crippen molar-refractivity contribution in [3.8, 4) is 17.0 Å². The van der Waals surface area contributed by atoms with Gasteiger partial charge in [-0.3, -0.25) is 15.0 Å². The van der Waals surface area contributed by atoms with Crippen molar-refractivity contribution in [2.24, 2.45) is 0 Å². The van der Waals surface area contributed by atoms with E-state index in [1.165, 1.54) is 44.0 Å². The molecule has 0 aliphatic heterocycles. The first-order chi connectivity index (χ1) is 12.7. The third-order valence-electron chi connectivity index (χ3n) is 3.76. The van der Waals surface area contributed by atoms with Gasteiger partial charge in [-0.1, -0.05) is 0 Å². The zero-order valence-corrected chi connectivity index (χ0v) is 13.4. The molecular weight excluding hydrogens is 341 g/mol. The topological polar surface area (TPSA) is 121 Å². The van der Waals surface area contributed by atoms with Crippen LogP contribution < -0.4 is 10.1 Å². The molecule has 3 heterocycles. The zero-order chi connectivity index (χ0) is 18.1. The molecule has 1 amide bonds. The van der Waals surface area contributed by atoms with Crippen molar-refractivity contribution >= 4 is 22.6 Å². The Morgan fingerprint density at radius 2 is 2.15 bits per heavy atom. The van der Waals surface area contributed by atoms with E-state index in [1.807, 2.05) is 0 Å². The van der Waals surface area contributed by atoms with Crippen molar-refractivity contribution in [2.45, 2.75) is 0 Å². The molecule has 0 saturated heterocycles. The minimum absolute atomic E-state index is 0.112. The molecule has 0 unspecified atom stereocenters. The van der Waals surface area contributed by atoms with Crippen LogP contribution in [0.3, 0.4) is 0 Å². The van der Waals surface area contributed by atoms with Crippen molar-refractivity contribution in [1.82, 2.24) is 30.4 Å². The van der Waals surface area contributed by atoms with Crippen molar-refractivity contribution in [3.05, 3.63) is 48.4 Å². The molecule has 4 rings (SSSR count). The average molecular weight is 353 g/mol. The maximum absolute atomic E-state index is 13.7. The molecule has 0 aliphatic carbocycles. The largest absolute Gasteiger partial charge is 0.496 e. The first-order valence-electron chi connectivity index (χ1n) is 7.50. The van der Waals surface area contributed by atoms with Crippen molar-refractivity contribution in [3.63, 3.8) is 0 Å². The van der Waals surface area contributed by atoms with E-state index in [2.05, 4.69) is 35.7 Å². The van der Waals surface area contributed by atoms with Gasteiger partial charge in [0.15, 0.2) is 5.69 Å². The van der Waals surface area contributed by atoms with Crippen LogP contribution in [0.15, 0.2) is 36.9 Å². The number of benzene rings is 1. The van der Waals surface area contributed by atoms with Gasteiger partial charge < -0.3 is 10.1 Å². The molecule has 130 valence electrons. The molecular formula is C16H12FN7O2. The summed E-state index contributed by atoms with van der Waals surface area (Å²) in [5.41, 5.74) is 2.23. The molecule has 3 N–H and O–H groups in total. The van der Waals surface area contributed by atoms with Crippen LogP contribution in [-0.4, -0.2) is 43.4 Å². The highest BCUT2D eigenvalue weighted by atomic mass is 19.1. The molecule has 9 nitrogen and oxygen atoms in total. The van der Waals surface area contributed by atoms with E-state index in [1.54, 1.807) is 0 Å². The zero-order valence-electron chi connectivity index (χ0n) is 13.4. The number of rotatable bonds is 4. The van der Waals surface area contributed by atoms with Crippen molar-refractivity contribution in [1.29, 1.82) is 0 Å². The molecule has 26 heavy (non-hydrogen) atoms. The number of fused-ring (bicyclic) bond motifs is 1. The lowest BCUT2D eigenvalue weighted by Crippen LogP contribution is -2.13. The van der Waals surface area contributed by atoms with E-state index in [-0.39, 0.29) is 5.69 Å². The van der Waals surface area contributed by atoms with E-state index < -0.39 is 11.7 Å². The summed E-state index contributed by atoms with van der Waals surface area (Å²) in [5.74, 6) is -0.500. The number of carbonyl (C=O) groups excluding carboxylic acids is 1. The number of ether oxygens (including phenoxy) is 1. The smallest absolute Gasteiger partial charge is 0.278 e. The van der Waals surface area contributed by atoms with E-state index in [9.17, 15) is 9.18 Å². The Bertz CT molecular complexity index is 1100. The van der Waals surface area contributed by atoms with Gasteiger partial charge >= 0.3 is 0 Å². The van der Waals surface area contributed by atoms with Gasteiger partial charge in [-0.2, -0.15) is 10.2 Å². The molecule has 1 aromatic carbocycles. The quantitative estimate of drug-likeness (QED) is 0.517. The number of anilines is 1. The Morgan fingerprint density at radius 1 is 1.27 bits per heavy atom. The monoisotopic (exact) mass is 353 g/mol. The molecule has 0 fully saturated rings. The molecule has 10 heteroatoms. The number of hydrogen-bond acceptors (Lipinski definition) is 6. The molecule has 3 aromatic heterocycles. The van der Waals surface area contributed by atoms with E-state index in [0.29, 0.717) is 33.7 Å². The highest BCUT2D eigenvalue weighted by Crippen LogP contribution is 2.34. The highest BCUT2D eigenvalue weighted by Gasteiger charge is 2.20. The van der Waals surface area contributed by atoms with Gasteiger partial charge in [-0.05, 0) is 18.2 Å². The van der Waals surface area contributed by atoms with Crippen LogP contribution in [-0.2, 0) is 0 Å². The van der Waals surface area contributed by atoms with E-state index >= 15 is 0 Å². The van der Waals surface area contributed by atoms with E-state index in [0.717, 1.165) is 0 Å². The Hall–Kier alpha value is -3.82. The second kappa shape index (κ2) is 6.24. The fraction of sp³-hybridized carbons (Fsp3) is 0.0625. The molecule has 4 aromatic rings. The first-order valence-corrected chi connectivity index (χ1v) is 7.50. The van der Waals surface area contributed by atoms with Gasteiger partial charge in [0.25, 0.3) is 5.91 Å². The highest BCUT2D eigenvalue weighted by molar-refractivity contribution is 6.11. The number of nitrogens with zero attached hydrogens (tertiary/aromatic N) is 4. The summed E-state index contributed by atoms with van der Waals surface area (Å²) in [4.78, 5) is 20.5. The third-order valence-corrected chi connectivity index (χ3v) is 3.76. The number of methoxy groups -OCH3 is 1. The van der Waals surface area contributed by atoms with Gasteiger partial charge in [-0.25, -0.2) is 14.4 Å². The lowest BCUT2D eigenvalue weighted by molar-refractivity contribution is 0.102. The Balaban J connectivity index is 1.70. The predicted octanol–water partition coefficient (Wildman–Crippen LogP) is 2.14. The summed E-state index contributed by atoms with van der Waals surface area (Å²) in [6, 6.07) is 4.07. The second-order valence-corrected chi connectivity index (χ2v) is 5.31.